The highest BCUT2D eigenvalue weighted by Crippen LogP contribution is 2.09. The van der Waals surface area contributed by atoms with Crippen molar-refractivity contribution in [2.45, 2.75) is 13.0 Å². The number of rotatable bonds is 2. The lowest BCUT2D eigenvalue weighted by Gasteiger charge is -2.28. The molecule has 13 heavy (non-hydrogen) atoms. The summed E-state index contributed by atoms with van der Waals surface area (Å²) in [6.45, 7) is 4.92. The summed E-state index contributed by atoms with van der Waals surface area (Å²) in [5.74, 6) is 0.0600. The Morgan fingerprint density at radius 3 is 2.62 bits per heavy atom. The SMILES string of the molecule is CC(C(=O)NC1COC1)=C1CNC1. The molecule has 2 aliphatic rings. The molecule has 0 saturated carbocycles. The van der Waals surface area contributed by atoms with E-state index >= 15 is 0 Å². The van der Waals surface area contributed by atoms with Gasteiger partial charge in [0.05, 0.1) is 19.3 Å². The van der Waals surface area contributed by atoms with E-state index in [1.54, 1.807) is 0 Å². The first-order chi connectivity index (χ1) is 6.27. The fourth-order valence-corrected chi connectivity index (χ4v) is 1.29. The molecule has 4 heteroatoms. The summed E-state index contributed by atoms with van der Waals surface area (Å²) in [4.78, 5) is 11.5. The van der Waals surface area contributed by atoms with Crippen LogP contribution in [0, 0.1) is 0 Å². The van der Waals surface area contributed by atoms with Crippen molar-refractivity contribution in [3.8, 4) is 0 Å². The summed E-state index contributed by atoms with van der Waals surface area (Å²) in [5.41, 5.74) is 2.09. The molecule has 0 spiro atoms. The van der Waals surface area contributed by atoms with Crippen LogP contribution in [0.15, 0.2) is 11.1 Å². The third-order valence-corrected chi connectivity index (χ3v) is 2.52. The minimum absolute atomic E-state index is 0.0600. The number of carbonyl (C=O) groups excluding carboxylic acids is 1. The van der Waals surface area contributed by atoms with E-state index in [9.17, 15) is 4.79 Å². The summed E-state index contributed by atoms with van der Waals surface area (Å²) in [6, 6.07) is 0.232. The minimum atomic E-state index is 0.0600. The maximum Gasteiger partial charge on any atom is 0.247 e. The summed E-state index contributed by atoms with van der Waals surface area (Å²) in [6.07, 6.45) is 0. The Kier molecular flexibility index (Phi) is 2.33. The Labute approximate surface area is 77.3 Å². The predicted molar refractivity (Wildman–Crippen MR) is 48.3 cm³/mol. The fourth-order valence-electron chi connectivity index (χ4n) is 1.29. The van der Waals surface area contributed by atoms with Crippen LogP contribution in [0.5, 0.6) is 0 Å². The predicted octanol–water partition coefficient (Wildman–Crippen LogP) is -0.579. The second-order valence-corrected chi connectivity index (χ2v) is 3.54. The Hall–Kier alpha value is -0.870. The zero-order valence-electron chi connectivity index (χ0n) is 7.72. The molecule has 2 heterocycles. The van der Waals surface area contributed by atoms with Crippen molar-refractivity contribution in [2.24, 2.45) is 0 Å². The lowest BCUT2D eigenvalue weighted by Crippen LogP contribution is -2.49. The molecule has 0 aliphatic carbocycles. The van der Waals surface area contributed by atoms with Crippen LogP contribution in [-0.4, -0.2) is 38.3 Å². The van der Waals surface area contributed by atoms with E-state index < -0.39 is 0 Å². The van der Waals surface area contributed by atoms with Crippen LogP contribution in [-0.2, 0) is 9.53 Å². The van der Waals surface area contributed by atoms with Gasteiger partial charge in [-0.25, -0.2) is 0 Å². The summed E-state index contributed by atoms with van der Waals surface area (Å²) < 4.78 is 4.97. The molecule has 2 fully saturated rings. The standard InChI is InChI=1S/C9H14N2O2/c1-6(7-2-10-3-7)9(12)11-8-4-13-5-8/h8,10H,2-5H2,1H3,(H,11,12). The van der Waals surface area contributed by atoms with Gasteiger partial charge in [0.1, 0.15) is 0 Å². The van der Waals surface area contributed by atoms with Crippen molar-refractivity contribution >= 4 is 5.91 Å². The smallest absolute Gasteiger partial charge is 0.247 e. The molecule has 2 aliphatic heterocycles. The maximum atomic E-state index is 11.5. The maximum absolute atomic E-state index is 11.5. The molecule has 0 aromatic heterocycles. The van der Waals surface area contributed by atoms with Crippen LogP contribution in [0.25, 0.3) is 0 Å². The van der Waals surface area contributed by atoms with Gasteiger partial charge in [-0.15, -0.1) is 0 Å². The van der Waals surface area contributed by atoms with E-state index in [1.165, 1.54) is 5.57 Å². The van der Waals surface area contributed by atoms with Crippen LogP contribution in [0.1, 0.15) is 6.92 Å². The summed E-state index contributed by atoms with van der Waals surface area (Å²) in [7, 11) is 0. The lowest BCUT2D eigenvalue weighted by atomic mass is 10.0. The van der Waals surface area contributed by atoms with E-state index in [0.29, 0.717) is 13.2 Å². The molecule has 2 saturated heterocycles. The Morgan fingerprint density at radius 2 is 2.23 bits per heavy atom. The van der Waals surface area contributed by atoms with E-state index in [0.717, 1.165) is 18.7 Å². The van der Waals surface area contributed by atoms with Gasteiger partial charge in [0.25, 0.3) is 0 Å². The van der Waals surface area contributed by atoms with Crippen LogP contribution in [0.2, 0.25) is 0 Å². The summed E-state index contributed by atoms with van der Waals surface area (Å²) in [5, 5.41) is 6.03. The van der Waals surface area contributed by atoms with Gasteiger partial charge in [0.2, 0.25) is 5.91 Å². The average molecular weight is 182 g/mol. The number of hydrogen-bond donors (Lipinski definition) is 2. The molecule has 2 rings (SSSR count). The highest BCUT2D eigenvalue weighted by molar-refractivity contribution is 5.94. The zero-order valence-corrected chi connectivity index (χ0v) is 7.72. The van der Waals surface area contributed by atoms with E-state index in [1.807, 2.05) is 6.92 Å². The molecule has 0 bridgehead atoms. The highest BCUT2D eigenvalue weighted by atomic mass is 16.5. The van der Waals surface area contributed by atoms with Gasteiger partial charge in [-0.3, -0.25) is 4.79 Å². The Morgan fingerprint density at radius 1 is 1.54 bits per heavy atom. The van der Waals surface area contributed by atoms with Crippen LogP contribution >= 0.6 is 0 Å². The summed E-state index contributed by atoms with van der Waals surface area (Å²) >= 11 is 0. The number of hydrogen-bond acceptors (Lipinski definition) is 3. The van der Waals surface area contributed by atoms with Gasteiger partial charge in [0, 0.05) is 18.7 Å². The number of amides is 1. The van der Waals surface area contributed by atoms with E-state index in [-0.39, 0.29) is 11.9 Å². The third-order valence-electron chi connectivity index (χ3n) is 2.52. The van der Waals surface area contributed by atoms with Gasteiger partial charge in [-0.2, -0.15) is 0 Å². The largest absolute Gasteiger partial charge is 0.377 e. The normalized spacial score (nSPS) is 21.8. The average Bonchev–Trinajstić information content (AvgIpc) is 1.92. The molecular formula is C9H14N2O2. The van der Waals surface area contributed by atoms with Crippen molar-refractivity contribution in [3.63, 3.8) is 0 Å². The van der Waals surface area contributed by atoms with Crippen LogP contribution in [0.3, 0.4) is 0 Å². The monoisotopic (exact) mass is 182 g/mol. The molecule has 0 aromatic rings. The molecular weight excluding hydrogens is 168 g/mol. The number of carbonyl (C=O) groups is 1. The molecule has 0 unspecified atom stereocenters. The van der Waals surface area contributed by atoms with E-state index in [4.69, 9.17) is 4.74 Å². The zero-order chi connectivity index (χ0) is 9.26. The second-order valence-electron chi connectivity index (χ2n) is 3.54. The number of nitrogens with one attached hydrogen (secondary N) is 2. The minimum Gasteiger partial charge on any atom is -0.377 e. The quantitative estimate of drug-likeness (QED) is 0.562. The van der Waals surface area contributed by atoms with Crippen molar-refractivity contribution in [3.05, 3.63) is 11.1 Å². The Bertz CT molecular complexity index is 250. The molecule has 0 aromatic carbocycles. The molecule has 0 atom stereocenters. The fraction of sp³-hybridized carbons (Fsp3) is 0.667. The molecule has 4 nitrogen and oxygen atoms in total. The molecule has 1 amide bonds. The Balaban J connectivity index is 1.88. The van der Waals surface area contributed by atoms with Gasteiger partial charge in [0.15, 0.2) is 0 Å². The topological polar surface area (TPSA) is 50.4 Å². The van der Waals surface area contributed by atoms with Crippen LogP contribution < -0.4 is 10.6 Å². The van der Waals surface area contributed by atoms with Crippen molar-refractivity contribution in [1.82, 2.24) is 10.6 Å². The molecule has 0 radical (unpaired) electrons. The van der Waals surface area contributed by atoms with Gasteiger partial charge in [-0.05, 0) is 12.5 Å². The van der Waals surface area contributed by atoms with Crippen molar-refractivity contribution in [2.75, 3.05) is 26.3 Å². The first kappa shape index (κ1) is 8.72. The van der Waals surface area contributed by atoms with E-state index in [2.05, 4.69) is 10.6 Å². The third kappa shape index (κ3) is 1.73. The van der Waals surface area contributed by atoms with Gasteiger partial charge < -0.3 is 15.4 Å². The van der Waals surface area contributed by atoms with Gasteiger partial charge >= 0.3 is 0 Å². The first-order valence-electron chi connectivity index (χ1n) is 4.55. The lowest BCUT2D eigenvalue weighted by molar-refractivity contribution is -0.121. The first-order valence-corrected chi connectivity index (χ1v) is 4.55. The van der Waals surface area contributed by atoms with Crippen molar-refractivity contribution < 1.29 is 9.53 Å². The second kappa shape index (κ2) is 3.47. The van der Waals surface area contributed by atoms with Crippen molar-refractivity contribution in [1.29, 1.82) is 0 Å². The highest BCUT2D eigenvalue weighted by Gasteiger charge is 2.22. The van der Waals surface area contributed by atoms with Crippen LogP contribution in [0.4, 0.5) is 0 Å². The van der Waals surface area contributed by atoms with Gasteiger partial charge in [-0.1, -0.05) is 0 Å². The molecule has 72 valence electrons. The number of ether oxygens (including phenoxy) is 1. The molecule has 2 N–H and O–H groups in total.